The van der Waals surface area contributed by atoms with Crippen LogP contribution in [0.5, 0.6) is 0 Å². The lowest BCUT2D eigenvalue weighted by atomic mass is 9.93. The zero-order valence-electron chi connectivity index (χ0n) is 20.4. The lowest BCUT2D eigenvalue weighted by Crippen LogP contribution is -2.45. The summed E-state index contributed by atoms with van der Waals surface area (Å²) in [6.45, 7) is 5.30. The number of nitrogens with zero attached hydrogens (tertiary/aromatic N) is 1. The normalized spacial score (nSPS) is 16.5. The van der Waals surface area contributed by atoms with Gasteiger partial charge in [0.1, 0.15) is 6.61 Å². The second kappa shape index (κ2) is 10.9. The maximum atomic E-state index is 12.9. The van der Waals surface area contributed by atoms with Gasteiger partial charge in [0.2, 0.25) is 5.91 Å². The molecule has 2 aromatic rings. The first kappa shape index (κ1) is 24.8. The summed E-state index contributed by atoms with van der Waals surface area (Å²) in [6.07, 6.45) is 1.23. The Hall–Kier alpha value is -3.35. The molecule has 1 heterocycles. The number of carbonyl (C=O) groups is 3. The van der Waals surface area contributed by atoms with Crippen molar-refractivity contribution in [2.45, 2.75) is 51.5 Å². The SMILES string of the molecule is CC(C)[C@@H](CC(=O)N1CCC(CC(=O)O)CC1)NC(=O)OCC1c2ccccc2-c2ccccc21. The number of likely N-dealkylation sites (tertiary alicyclic amines) is 1. The summed E-state index contributed by atoms with van der Waals surface area (Å²) < 4.78 is 5.67. The molecule has 7 heteroatoms. The predicted molar refractivity (Wildman–Crippen MR) is 133 cm³/mol. The van der Waals surface area contributed by atoms with Crippen molar-refractivity contribution < 1.29 is 24.2 Å². The minimum absolute atomic E-state index is 0.0145. The van der Waals surface area contributed by atoms with Crippen LogP contribution in [-0.2, 0) is 14.3 Å². The summed E-state index contributed by atoms with van der Waals surface area (Å²) in [5.74, 6) is -0.641. The molecule has 0 radical (unpaired) electrons. The first-order chi connectivity index (χ1) is 16.8. The van der Waals surface area contributed by atoms with Gasteiger partial charge in [-0.2, -0.15) is 0 Å². The van der Waals surface area contributed by atoms with Gasteiger partial charge in [0, 0.05) is 37.9 Å². The summed E-state index contributed by atoms with van der Waals surface area (Å²) in [6, 6.07) is 16.1. The quantitative estimate of drug-likeness (QED) is 0.576. The van der Waals surface area contributed by atoms with Crippen LogP contribution in [0.1, 0.15) is 56.6 Å². The fourth-order valence-electron chi connectivity index (χ4n) is 5.20. The Morgan fingerprint density at radius 3 is 2.11 bits per heavy atom. The number of carboxylic acids is 1. The molecule has 1 aliphatic heterocycles. The number of hydrogen-bond acceptors (Lipinski definition) is 4. The van der Waals surface area contributed by atoms with Gasteiger partial charge in [0.25, 0.3) is 0 Å². The number of fused-ring (bicyclic) bond motifs is 3. The molecule has 186 valence electrons. The molecule has 2 aromatic carbocycles. The van der Waals surface area contributed by atoms with Crippen molar-refractivity contribution in [1.29, 1.82) is 0 Å². The van der Waals surface area contributed by atoms with Crippen molar-refractivity contribution in [2.75, 3.05) is 19.7 Å². The van der Waals surface area contributed by atoms with Gasteiger partial charge in [-0.05, 0) is 46.9 Å². The van der Waals surface area contributed by atoms with Crippen molar-refractivity contribution in [2.24, 2.45) is 11.8 Å². The van der Waals surface area contributed by atoms with E-state index in [1.807, 2.05) is 38.1 Å². The monoisotopic (exact) mass is 478 g/mol. The van der Waals surface area contributed by atoms with Crippen LogP contribution in [0.4, 0.5) is 4.79 Å². The molecule has 35 heavy (non-hydrogen) atoms. The van der Waals surface area contributed by atoms with Gasteiger partial charge < -0.3 is 20.1 Å². The maximum absolute atomic E-state index is 12.9. The van der Waals surface area contributed by atoms with E-state index in [2.05, 4.69) is 29.6 Å². The summed E-state index contributed by atoms with van der Waals surface area (Å²) in [5, 5.41) is 11.9. The molecule has 1 saturated heterocycles. The molecule has 2 aliphatic rings. The van der Waals surface area contributed by atoms with Gasteiger partial charge in [-0.25, -0.2) is 4.79 Å². The Labute approximate surface area is 206 Å². The molecule has 1 fully saturated rings. The van der Waals surface area contributed by atoms with E-state index in [1.54, 1.807) is 4.90 Å². The molecule has 7 nitrogen and oxygen atoms in total. The van der Waals surface area contributed by atoms with E-state index in [0.717, 1.165) is 11.1 Å². The second-order valence-corrected chi connectivity index (χ2v) is 9.95. The zero-order valence-corrected chi connectivity index (χ0v) is 20.4. The first-order valence-electron chi connectivity index (χ1n) is 12.4. The van der Waals surface area contributed by atoms with Crippen LogP contribution < -0.4 is 5.32 Å². The van der Waals surface area contributed by atoms with Gasteiger partial charge >= 0.3 is 12.1 Å². The van der Waals surface area contributed by atoms with Crippen LogP contribution in [0.3, 0.4) is 0 Å². The molecular weight excluding hydrogens is 444 g/mol. The van der Waals surface area contributed by atoms with Crippen LogP contribution in [0.15, 0.2) is 48.5 Å². The molecule has 1 atom stereocenters. The summed E-state index contributed by atoms with van der Waals surface area (Å²) in [5.41, 5.74) is 4.66. The smallest absolute Gasteiger partial charge is 0.407 e. The number of alkyl carbamates (subject to hydrolysis) is 1. The third-order valence-corrected chi connectivity index (χ3v) is 7.28. The maximum Gasteiger partial charge on any atom is 0.407 e. The zero-order chi connectivity index (χ0) is 24.9. The van der Waals surface area contributed by atoms with E-state index in [-0.39, 0.29) is 49.2 Å². The third kappa shape index (κ3) is 5.84. The Balaban J connectivity index is 1.31. The Morgan fingerprint density at radius 1 is 1.00 bits per heavy atom. The molecule has 2 amide bonds. The minimum Gasteiger partial charge on any atom is -0.481 e. The van der Waals surface area contributed by atoms with Gasteiger partial charge in [-0.1, -0.05) is 62.4 Å². The van der Waals surface area contributed by atoms with Crippen molar-refractivity contribution >= 4 is 18.0 Å². The largest absolute Gasteiger partial charge is 0.481 e. The Bertz CT molecular complexity index is 1030. The number of rotatable bonds is 8. The van der Waals surface area contributed by atoms with E-state index < -0.39 is 12.1 Å². The van der Waals surface area contributed by atoms with Crippen LogP contribution >= 0.6 is 0 Å². The molecule has 0 bridgehead atoms. The number of amides is 2. The fraction of sp³-hybridized carbons (Fsp3) is 0.464. The van der Waals surface area contributed by atoms with Crippen LogP contribution in [0, 0.1) is 11.8 Å². The molecule has 0 spiro atoms. The average Bonchev–Trinajstić information content (AvgIpc) is 3.16. The Kier molecular flexibility index (Phi) is 7.73. The number of nitrogens with one attached hydrogen (secondary N) is 1. The topological polar surface area (TPSA) is 95.9 Å². The predicted octanol–water partition coefficient (Wildman–Crippen LogP) is 4.65. The third-order valence-electron chi connectivity index (χ3n) is 7.28. The number of benzene rings is 2. The highest BCUT2D eigenvalue weighted by molar-refractivity contribution is 5.80. The van der Waals surface area contributed by atoms with Crippen molar-refractivity contribution in [3.05, 3.63) is 59.7 Å². The average molecular weight is 479 g/mol. The number of hydrogen-bond donors (Lipinski definition) is 2. The molecule has 4 rings (SSSR count). The number of piperidine rings is 1. The minimum atomic E-state index is -0.790. The van der Waals surface area contributed by atoms with Crippen LogP contribution in [0.2, 0.25) is 0 Å². The summed E-state index contributed by atoms with van der Waals surface area (Å²) >= 11 is 0. The number of carbonyl (C=O) groups excluding carboxylic acids is 2. The standard InChI is InChI=1S/C28H34N2O5/c1-18(2)25(16-26(31)30-13-11-19(12-14-30)15-27(32)33)29-28(34)35-17-24-22-9-5-3-7-20(22)21-8-4-6-10-23(21)24/h3-10,18-19,24-25H,11-17H2,1-2H3,(H,29,34)(H,32,33)/t25-/m1/s1. The highest BCUT2D eigenvalue weighted by atomic mass is 16.5. The van der Waals surface area contributed by atoms with Crippen molar-refractivity contribution in [3.63, 3.8) is 0 Å². The number of aliphatic carboxylic acids is 1. The molecular formula is C28H34N2O5. The van der Waals surface area contributed by atoms with E-state index in [0.29, 0.717) is 25.9 Å². The highest BCUT2D eigenvalue weighted by Gasteiger charge is 2.30. The van der Waals surface area contributed by atoms with E-state index in [4.69, 9.17) is 9.84 Å². The van der Waals surface area contributed by atoms with Crippen LogP contribution in [-0.4, -0.2) is 53.7 Å². The first-order valence-corrected chi connectivity index (χ1v) is 12.4. The summed E-state index contributed by atoms with van der Waals surface area (Å²) in [7, 11) is 0. The highest BCUT2D eigenvalue weighted by Crippen LogP contribution is 2.44. The number of ether oxygens (including phenoxy) is 1. The lowest BCUT2D eigenvalue weighted by Gasteiger charge is -2.33. The molecule has 0 saturated carbocycles. The molecule has 0 aromatic heterocycles. The Morgan fingerprint density at radius 2 is 1.57 bits per heavy atom. The fourth-order valence-corrected chi connectivity index (χ4v) is 5.20. The molecule has 2 N–H and O–H groups in total. The van der Waals surface area contributed by atoms with Gasteiger partial charge in [0.15, 0.2) is 0 Å². The van der Waals surface area contributed by atoms with E-state index in [1.165, 1.54) is 11.1 Å². The molecule has 0 unspecified atom stereocenters. The van der Waals surface area contributed by atoms with Gasteiger partial charge in [-0.15, -0.1) is 0 Å². The van der Waals surface area contributed by atoms with E-state index in [9.17, 15) is 14.4 Å². The second-order valence-electron chi connectivity index (χ2n) is 9.95. The lowest BCUT2D eigenvalue weighted by molar-refractivity contribution is -0.138. The van der Waals surface area contributed by atoms with Crippen molar-refractivity contribution in [1.82, 2.24) is 10.2 Å². The van der Waals surface area contributed by atoms with Crippen LogP contribution in [0.25, 0.3) is 11.1 Å². The van der Waals surface area contributed by atoms with Crippen molar-refractivity contribution in [3.8, 4) is 11.1 Å². The summed E-state index contributed by atoms with van der Waals surface area (Å²) in [4.78, 5) is 38.3. The van der Waals surface area contributed by atoms with Gasteiger partial charge in [0.05, 0.1) is 0 Å². The molecule has 1 aliphatic carbocycles. The van der Waals surface area contributed by atoms with Gasteiger partial charge in [-0.3, -0.25) is 9.59 Å². The number of carboxylic acid groups (broad SMARTS) is 1. The van der Waals surface area contributed by atoms with E-state index >= 15 is 0 Å².